The third-order valence-electron chi connectivity index (χ3n) is 4.78. The molecule has 3 amide bonds. The summed E-state index contributed by atoms with van der Waals surface area (Å²) in [5.74, 6) is -1.56. The summed E-state index contributed by atoms with van der Waals surface area (Å²) in [6.45, 7) is 3.74. The lowest BCUT2D eigenvalue weighted by molar-refractivity contribution is -0.137. The van der Waals surface area contributed by atoms with Crippen molar-refractivity contribution in [3.8, 4) is 0 Å². The van der Waals surface area contributed by atoms with Crippen LogP contribution in [-0.2, 0) is 9.59 Å². The number of hydrogen-bond donors (Lipinski definition) is 6. The van der Waals surface area contributed by atoms with Crippen molar-refractivity contribution < 1.29 is 19.5 Å². The lowest BCUT2D eigenvalue weighted by Crippen LogP contribution is -2.44. The molecule has 1 aromatic carbocycles. The van der Waals surface area contributed by atoms with Crippen molar-refractivity contribution in [3.05, 3.63) is 59.9 Å². The quantitative estimate of drug-likeness (QED) is 0.244. The Morgan fingerprint density at radius 1 is 1.09 bits per heavy atom. The highest BCUT2D eigenvalue weighted by Crippen LogP contribution is 2.17. The number of amidine groups is 1. The molecule has 2 unspecified atom stereocenters. The molecule has 0 radical (unpaired) electrons. The summed E-state index contributed by atoms with van der Waals surface area (Å²) in [6, 6.07) is 8.16. The number of nitrogen functional groups attached to an aromatic ring is 1. The van der Waals surface area contributed by atoms with Gasteiger partial charge in [-0.05, 0) is 41.8 Å². The SMILES string of the molecule is CC(C)C(CC(=O)NC(CC(=O)O)c1cccnc1)NC(=O)Nc1ccc(C(=N)N)cc1. The number of carbonyl (C=O) groups excluding carboxylic acids is 2. The van der Waals surface area contributed by atoms with Gasteiger partial charge in [-0.15, -0.1) is 0 Å². The number of aliphatic carboxylic acids is 1. The summed E-state index contributed by atoms with van der Waals surface area (Å²) in [7, 11) is 0. The first-order valence-corrected chi connectivity index (χ1v) is 10.1. The molecular formula is C22H28N6O4. The van der Waals surface area contributed by atoms with E-state index < -0.39 is 24.1 Å². The normalized spacial score (nSPS) is 12.5. The molecule has 0 saturated heterocycles. The lowest BCUT2D eigenvalue weighted by Gasteiger charge is -2.24. The van der Waals surface area contributed by atoms with Gasteiger partial charge >= 0.3 is 12.0 Å². The molecule has 10 nitrogen and oxygen atoms in total. The van der Waals surface area contributed by atoms with Crippen molar-refractivity contribution in [2.45, 2.75) is 38.8 Å². The maximum Gasteiger partial charge on any atom is 0.319 e. The highest BCUT2D eigenvalue weighted by atomic mass is 16.4. The van der Waals surface area contributed by atoms with Crippen molar-refractivity contribution in [1.29, 1.82) is 5.41 Å². The first-order valence-electron chi connectivity index (χ1n) is 10.1. The van der Waals surface area contributed by atoms with Crippen molar-refractivity contribution in [2.24, 2.45) is 11.7 Å². The van der Waals surface area contributed by atoms with Crippen molar-refractivity contribution in [1.82, 2.24) is 15.6 Å². The second-order valence-electron chi connectivity index (χ2n) is 7.65. The molecule has 0 fully saturated rings. The topological polar surface area (TPSA) is 170 Å². The van der Waals surface area contributed by atoms with E-state index in [9.17, 15) is 19.5 Å². The van der Waals surface area contributed by atoms with Gasteiger partial charge in [0.15, 0.2) is 0 Å². The number of benzene rings is 1. The molecular weight excluding hydrogens is 412 g/mol. The number of hydrogen-bond acceptors (Lipinski definition) is 5. The zero-order valence-corrected chi connectivity index (χ0v) is 18.0. The van der Waals surface area contributed by atoms with Crippen LogP contribution in [0.1, 0.15) is 43.9 Å². The van der Waals surface area contributed by atoms with E-state index in [0.717, 1.165) is 0 Å². The molecule has 10 heteroatoms. The molecule has 0 saturated carbocycles. The third-order valence-corrected chi connectivity index (χ3v) is 4.78. The maximum atomic E-state index is 12.6. The number of urea groups is 1. The highest BCUT2D eigenvalue weighted by molar-refractivity contribution is 5.96. The Kier molecular flexibility index (Phi) is 8.70. The van der Waals surface area contributed by atoms with Crippen LogP contribution < -0.4 is 21.7 Å². The summed E-state index contributed by atoms with van der Waals surface area (Å²) < 4.78 is 0. The summed E-state index contributed by atoms with van der Waals surface area (Å²) >= 11 is 0. The van der Waals surface area contributed by atoms with E-state index in [4.69, 9.17) is 11.1 Å². The standard InChI is InChI=1S/C22H28N6O4/c1-13(2)17(28-22(32)26-16-7-5-14(6-8-16)21(23)24)10-19(29)27-18(11-20(30)31)15-4-3-9-25-12-15/h3-9,12-13,17-18H,10-11H2,1-2H3,(H3,23,24)(H,27,29)(H,30,31)(H2,26,28,32). The molecule has 170 valence electrons. The van der Waals surface area contributed by atoms with Gasteiger partial charge in [-0.3, -0.25) is 20.0 Å². The second kappa shape index (κ2) is 11.4. The number of carboxylic acid groups (broad SMARTS) is 1. The van der Waals surface area contributed by atoms with E-state index in [2.05, 4.69) is 20.9 Å². The number of anilines is 1. The molecule has 0 spiro atoms. The smallest absolute Gasteiger partial charge is 0.319 e. The van der Waals surface area contributed by atoms with Gasteiger partial charge in [-0.25, -0.2) is 4.79 Å². The molecule has 1 aromatic heterocycles. The summed E-state index contributed by atoms with van der Waals surface area (Å²) in [5, 5.41) is 24.8. The Balaban J connectivity index is 1.98. The van der Waals surface area contributed by atoms with Gasteiger partial charge in [0, 0.05) is 36.1 Å². The minimum absolute atomic E-state index is 0.0231. The average molecular weight is 441 g/mol. The van der Waals surface area contributed by atoms with Crippen molar-refractivity contribution >= 4 is 29.4 Å². The Hall–Kier alpha value is -3.95. The zero-order chi connectivity index (χ0) is 23.7. The Morgan fingerprint density at radius 2 is 1.78 bits per heavy atom. The number of nitrogens with zero attached hydrogens (tertiary/aromatic N) is 1. The summed E-state index contributed by atoms with van der Waals surface area (Å²) in [5.41, 5.74) is 7.06. The van der Waals surface area contributed by atoms with Gasteiger partial charge in [0.05, 0.1) is 12.5 Å². The number of carbonyl (C=O) groups is 3. The predicted molar refractivity (Wildman–Crippen MR) is 120 cm³/mol. The van der Waals surface area contributed by atoms with Gasteiger partial charge in [0.25, 0.3) is 0 Å². The van der Waals surface area contributed by atoms with Crippen molar-refractivity contribution in [2.75, 3.05) is 5.32 Å². The first kappa shape index (κ1) is 24.3. The van der Waals surface area contributed by atoms with Crippen LogP contribution in [0.2, 0.25) is 0 Å². The predicted octanol–water partition coefficient (Wildman–Crippen LogP) is 2.23. The number of nitrogens with two attached hydrogens (primary N) is 1. The van der Waals surface area contributed by atoms with Crippen LogP contribution in [-0.4, -0.2) is 39.9 Å². The molecule has 0 bridgehead atoms. The molecule has 32 heavy (non-hydrogen) atoms. The van der Waals surface area contributed by atoms with E-state index in [1.807, 2.05) is 13.8 Å². The number of nitrogens with one attached hydrogen (secondary N) is 4. The molecule has 2 aromatic rings. The number of aromatic nitrogens is 1. The largest absolute Gasteiger partial charge is 0.481 e. The monoisotopic (exact) mass is 440 g/mol. The van der Waals surface area contributed by atoms with Gasteiger partial charge in [0.2, 0.25) is 5.91 Å². The van der Waals surface area contributed by atoms with Crippen LogP contribution in [0.15, 0.2) is 48.8 Å². The van der Waals surface area contributed by atoms with Gasteiger partial charge in [0.1, 0.15) is 5.84 Å². The molecule has 2 atom stereocenters. The minimum atomic E-state index is -1.05. The van der Waals surface area contributed by atoms with Crippen molar-refractivity contribution in [3.63, 3.8) is 0 Å². The van der Waals surface area contributed by atoms with Gasteiger partial charge in [-0.1, -0.05) is 19.9 Å². The Bertz CT molecular complexity index is 947. The first-order chi connectivity index (χ1) is 15.2. The van der Waals surface area contributed by atoms with E-state index in [-0.39, 0.29) is 30.5 Å². The number of pyridine rings is 1. The minimum Gasteiger partial charge on any atom is -0.481 e. The Labute approximate surface area is 186 Å². The van der Waals surface area contributed by atoms with Crippen LogP contribution in [0.25, 0.3) is 0 Å². The van der Waals surface area contributed by atoms with E-state index in [1.54, 1.807) is 42.6 Å². The fraction of sp³-hybridized carbons (Fsp3) is 0.318. The number of rotatable bonds is 10. The molecule has 0 aliphatic carbocycles. The number of carboxylic acids is 1. The van der Waals surface area contributed by atoms with Crippen LogP contribution in [0, 0.1) is 11.3 Å². The highest BCUT2D eigenvalue weighted by Gasteiger charge is 2.23. The van der Waals surface area contributed by atoms with E-state index >= 15 is 0 Å². The fourth-order valence-corrected chi connectivity index (χ4v) is 2.98. The molecule has 0 aliphatic rings. The Morgan fingerprint density at radius 3 is 2.31 bits per heavy atom. The van der Waals surface area contributed by atoms with Gasteiger partial charge < -0.3 is 26.8 Å². The maximum absolute atomic E-state index is 12.6. The van der Waals surface area contributed by atoms with Crippen LogP contribution in [0.4, 0.5) is 10.5 Å². The number of amides is 3. The van der Waals surface area contributed by atoms with Crippen LogP contribution >= 0.6 is 0 Å². The van der Waals surface area contributed by atoms with Gasteiger partial charge in [-0.2, -0.15) is 0 Å². The van der Waals surface area contributed by atoms with Crippen LogP contribution in [0.5, 0.6) is 0 Å². The van der Waals surface area contributed by atoms with E-state index in [1.165, 1.54) is 6.20 Å². The fourth-order valence-electron chi connectivity index (χ4n) is 2.98. The summed E-state index contributed by atoms with van der Waals surface area (Å²) in [6.07, 6.45) is 2.77. The zero-order valence-electron chi connectivity index (χ0n) is 18.0. The summed E-state index contributed by atoms with van der Waals surface area (Å²) in [4.78, 5) is 40.2. The van der Waals surface area contributed by atoms with Crippen LogP contribution in [0.3, 0.4) is 0 Å². The average Bonchev–Trinajstić information content (AvgIpc) is 2.73. The second-order valence-corrected chi connectivity index (χ2v) is 7.65. The lowest BCUT2D eigenvalue weighted by atomic mass is 9.99. The van der Waals surface area contributed by atoms with E-state index in [0.29, 0.717) is 16.8 Å². The molecule has 0 aliphatic heterocycles. The molecule has 7 N–H and O–H groups in total. The third kappa shape index (κ3) is 7.71. The molecule has 2 rings (SSSR count). The molecule has 1 heterocycles.